The Morgan fingerprint density at radius 3 is 2.34 bits per heavy atom. The molecule has 182 valence electrons. The number of fused-ring (bicyclic) bond motifs is 4. The molecule has 2 aliphatic heterocycles. The van der Waals surface area contributed by atoms with E-state index in [1.165, 1.54) is 18.2 Å². The van der Waals surface area contributed by atoms with E-state index in [4.69, 9.17) is 0 Å². The topological polar surface area (TPSA) is 91.7 Å². The van der Waals surface area contributed by atoms with Crippen molar-refractivity contribution in [2.24, 2.45) is 5.92 Å². The second-order valence-corrected chi connectivity index (χ2v) is 11.1. The Morgan fingerprint density at radius 1 is 0.943 bits per heavy atom. The summed E-state index contributed by atoms with van der Waals surface area (Å²) in [7, 11) is 0.0573. The van der Waals surface area contributed by atoms with E-state index in [1.807, 2.05) is 54.2 Å². The smallest absolute Gasteiger partial charge is 0.275 e. The number of amides is 1. The Kier molecular flexibility index (Phi) is 5.88. The van der Waals surface area contributed by atoms with Gasteiger partial charge in [-0.1, -0.05) is 18.2 Å². The first-order valence-electron chi connectivity index (χ1n) is 11.6. The van der Waals surface area contributed by atoms with Crippen LogP contribution in [0, 0.1) is 5.92 Å². The van der Waals surface area contributed by atoms with Gasteiger partial charge in [-0.2, -0.15) is 0 Å². The minimum Gasteiger partial charge on any atom is -0.378 e. The standard InChI is InChI=1S/C26H28N4O4S/c1-28(2)21-10-8-19(9-11-21)25(31)29-15-18-14-20(17-29)24-13-12-23(26(32)30(24)16-18)27-35(33,34)22-6-4-3-5-7-22/h3-13,18,20,27H,14-17H2,1-2H3/t18-,20+/m0/s1. The van der Waals surface area contributed by atoms with Crippen LogP contribution in [-0.2, 0) is 16.6 Å². The van der Waals surface area contributed by atoms with Gasteiger partial charge in [0.15, 0.2) is 0 Å². The van der Waals surface area contributed by atoms with Gasteiger partial charge in [-0.25, -0.2) is 8.42 Å². The van der Waals surface area contributed by atoms with Crippen LogP contribution in [0.15, 0.2) is 76.4 Å². The molecule has 3 aromatic rings. The first kappa shape index (κ1) is 23.2. The second kappa shape index (κ2) is 8.88. The molecule has 9 heteroatoms. The summed E-state index contributed by atoms with van der Waals surface area (Å²) in [5.74, 6) is 0.151. The van der Waals surface area contributed by atoms with E-state index in [2.05, 4.69) is 4.72 Å². The molecule has 0 aliphatic carbocycles. The van der Waals surface area contributed by atoms with E-state index >= 15 is 0 Å². The minimum absolute atomic E-state index is 0.00644. The zero-order valence-electron chi connectivity index (χ0n) is 19.7. The number of aromatic nitrogens is 1. The maximum atomic E-state index is 13.2. The highest BCUT2D eigenvalue weighted by molar-refractivity contribution is 7.92. The fourth-order valence-corrected chi connectivity index (χ4v) is 6.16. The van der Waals surface area contributed by atoms with Crippen molar-refractivity contribution in [3.8, 4) is 0 Å². The first-order valence-corrected chi connectivity index (χ1v) is 13.1. The van der Waals surface area contributed by atoms with Crippen LogP contribution in [0.1, 0.15) is 28.4 Å². The van der Waals surface area contributed by atoms with Crippen molar-refractivity contribution < 1.29 is 13.2 Å². The zero-order chi connectivity index (χ0) is 24.7. The van der Waals surface area contributed by atoms with E-state index in [0.29, 0.717) is 25.2 Å². The van der Waals surface area contributed by atoms with Gasteiger partial charge >= 0.3 is 0 Å². The number of nitrogens with one attached hydrogen (secondary N) is 1. The van der Waals surface area contributed by atoms with Gasteiger partial charge in [0.25, 0.3) is 21.5 Å². The zero-order valence-corrected chi connectivity index (χ0v) is 20.5. The van der Waals surface area contributed by atoms with E-state index in [1.54, 1.807) is 22.8 Å². The van der Waals surface area contributed by atoms with Crippen LogP contribution in [-0.4, -0.2) is 51.0 Å². The number of benzene rings is 2. The minimum atomic E-state index is -3.86. The van der Waals surface area contributed by atoms with Gasteiger partial charge in [0, 0.05) is 56.6 Å². The molecular weight excluding hydrogens is 464 g/mol. The number of carbonyl (C=O) groups is 1. The van der Waals surface area contributed by atoms with Gasteiger partial charge in [0.2, 0.25) is 0 Å². The molecule has 1 aromatic heterocycles. The Bertz CT molecular complexity index is 1420. The SMILES string of the molecule is CN(C)c1ccc(C(=O)N2C[C@@H]3C[C@H](C2)c2ccc(NS(=O)(=O)c4ccccc4)c(=O)n2C3)cc1. The van der Waals surface area contributed by atoms with Crippen LogP contribution < -0.4 is 15.2 Å². The van der Waals surface area contributed by atoms with Gasteiger partial charge in [0.1, 0.15) is 5.69 Å². The van der Waals surface area contributed by atoms with Crippen LogP contribution in [0.5, 0.6) is 0 Å². The molecule has 1 amide bonds. The molecule has 1 saturated heterocycles. The average Bonchev–Trinajstić information content (AvgIpc) is 2.86. The molecule has 0 spiro atoms. The molecule has 1 N–H and O–H groups in total. The van der Waals surface area contributed by atoms with Gasteiger partial charge < -0.3 is 14.4 Å². The van der Waals surface area contributed by atoms with Crippen LogP contribution in [0.4, 0.5) is 11.4 Å². The van der Waals surface area contributed by atoms with Crippen molar-refractivity contribution >= 4 is 27.3 Å². The van der Waals surface area contributed by atoms with Crippen molar-refractivity contribution in [1.29, 1.82) is 0 Å². The summed E-state index contributed by atoms with van der Waals surface area (Å²) < 4.78 is 29.6. The molecule has 0 unspecified atom stereocenters. The van der Waals surface area contributed by atoms with Crippen molar-refractivity contribution in [3.63, 3.8) is 0 Å². The molecule has 8 nitrogen and oxygen atoms in total. The fraction of sp³-hybridized carbons (Fsp3) is 0.308. The van der Waals surface area contributed by atoms with Crippen LogP contribution in [0.25, 0.3) is 0 Å². The molecule has 0 saturated carbocycles. The van der Waals surface area contributed by atoms with Crippen LogP contribution >= 0.6 is 0 Å². The Labute approximate surface area is 204 Å². The molecule has 35 heavy (non-hydrogen) atoms. The number of hydrogen-bond donors (Lipinski definition) is 1. The maximum Gasteiger partial charge on any atom is 0.275 e. The van der Waals surface area contributed by atoms with Gasteiger partial charge in [0.05, 0.1) is 4.90 Å². The highest BCUT2D eigenvalue weighted by Crippen LogP contribution is 2.36. The third-order valence-electron chi connectivity index (χ3n) is 6.82. The highest BCUT2D eigenvalue weighted by atomic mass is 32.2. The van der Waals surface area contributed by atoms with E-state index < -0.39 is 10.0 Å². The van der Waals surface area contributed by atoms with Crippen LogP contribution in [0.2, 0.25) is 0 Å². The summed E-state index contributed by atoms with van der Waals surface area (Å²) >= 11 is 0. The molecule has 1 fully saturated rings. The fourth-order valence-electron chi connectivity index (χ4n) is 5.08. The quantitative estimate of drug-likeness (QED) is 0.591. The predicted molar refractivity (Wildman–Crippen MR) is 135 cm³/mol. The lowest BCUT2D eigenvalue weighted by atomic mass is 9.83. The lowest BCUT2D eigenvalue weighted by Crippen LogP contribution is -2.49. The summed E-state index contributed by atoms with van der Waals surface area (Å²) in [6.07, 6.45) is 0.901. The number of likely N-dealkylation sites (tertiary alicyclic amines) is 1. The van der Waals surface area contributed by atoms with Crippen molar-refractivity contribution in [1.82, 2.24) is 9.47 Å². The number of sulfonamides is 1. The second-order valence-electron chi connectivity index (χ2n) is 9.46. The van der Waals surface area contributed by atoms with E-state index in [-0.39, 0.29) is 33.9 Å². The Morgan fingerprint density at radius 2 is 1.66 bits per heavy atom. The summed E-state index contributed by atoms with van der Waals surface area (Å²) in [4.78, 5) is 30.4. The molecule has 2 atom stereocenters. The Balaban J connectivity index is 1.37. The Hall–Kier alpha value is -3.59. The van der Waals surface area contributed by atoms with E-state index in [0.717, 1.165) is 17.8 Å². The lowest BCUT2D eigenvalue weighted by molar-refractivity contribution is 0.0594. The monoisotopic (exact) mass is 492 g/mol. The van der Waals surface area contributed by atoms with Gasteiger partial charge in [-0.3, -0.25) is 14.3 Å². The van der Waals surface area contributed by atoms with Crippen LogP contribution in [0.3, 0.4) is 0 Å². The molecule has 2 bridgehead atoms. The molecule has 0 radical (unpaired) electrons. The maximum absolute atomic E-state index is 13.2. The normalized spacial score (nSPS) is 19.1. The first-order chi connectivity index (χ1) is 16.7. The van der Waals surface area contributed by atoms with Gasteiger partial charge in [-0.05, 0) is 60.9 Å². The molecule has 2 aromatic carbocycles. The number of rotatable bonds is 5. The third kappa shape index (κ3) is 4.43. The summed E-state index contributed by atoms with van der Waals surface area (Å²) in [5.41, 5.74) is 2.21. The molecule has 2 aliphatic rings. The average molecular weight is 493 g/mol. The van der Waals surface area contributed by atoms with Crippen molar-refractivity contribution in [2.75, 3.05) is 36.8 Å². The predicted octanol–water partition coefficient (Wildman–Crippen LogP) is 2.97. The number of pyridine rings is 1. The summed E-state index contributed by atoms with van der Waals surface area (Å²) in [6, 6.07) is 18.9. The number of nitrogens with zero attached hydrogens (tertiary/aromatic N) is 3. The number of anilines is 2. The van der Waals surface area contributed by atoms with Gasteiger partial charge in [-0.15, -0.1) is 0 Å². The summed E-state index contributed by atoms with van der Waals surface area (Å²) in [5, 5.41) is 0. The molecule has 3 heterocycles. The van der Waals surface area contributed by atoms with Crippen molar-refractivity contribution in [3.05, 3.63) is 88.3 Å². The highest BCUT2D eigenvalue weighted by Gasteiger charge is 2.37. The van der Waals surface area contributed by atoms with Crippen molar-refractivity contribution in [2.45, 2.75) is 23.8 Å². The lowest BCUT2D eigenvalue weighted by Gasteiger charge is -2.43. The number of hydrogen-bond acceptors (Lipinski definition) is 5. The molecular formula is C26H28N4O4S. The largest absolute Gasteiger partial charge is 0.378 e. The number of carbonyl (C=O) groups excluding carboxylic acids is 1. The third-order valence-corrected chi connectivity index (χ3v) is 8.20. The van der Waals surface area contributed by atoms with E-state index in [9.17, 15) is 18.0 Å². The molecule has 5 rings (SSSR count). The number of piperidine rings is 1. The summed E-state index contributed by atoms with van der Waals surface area (Å²) in [6.45, 7) is 1.55.